The summed E-state index contributed by atoms with van der Waals surface area (Å²) in [6, 6.07) is 16.4. The molecule has 4 nitrogen and oxygen atoms in total. The Hall–Kier alpha value is -2.33. The maximum absolute atomic E-state index is 11.7. The van der Waals surface area contributed by atoms with Gasteiger partial charge >= 0.3 is 0 Å². The van der Waals surface area contributed by atoms with E-state index in [1.165, 1.54) is 0 Å². The molecule has 0 spiro atoms. The average molecular weight is 242 g/mol. The third kappa shape index (κ3) is 3.09. The average Bonchev–Trinajstić information content (AvgIpc) is 2.40. The SMILES string of the molecule is Nc1ccccc1C(=O)NOCc1ccccc1. The Labute approximate surface area is 105 Å². The molecule has 2 aromatic carbocycles. The summed E-state index contributed by atoms with van der Waals surface area (Å²) in [6.45, 7) is 0.319. The molecule has 1 amide bonds. The fraction of sp³-hybridized carbons (Fsp3) is 0.0714. The fourth-order valence-corrected chi connectivity index (χ4v) is 1.52. The minimum atomic E-state index is -0.343. The van der Waals surface area contributed by atoms with Crippen molar-refractivity contribution >= 4 is 11.6 Å². The second-order valence-corrected chi connectivity index (χ2v) is 3.79. The summed E-state index contributed by atoms with van der Waals surface area (Å²) in [6.07, 6.45) is 0. The van der Waals surface area contributed by atoms with Crippen molar-refractivity contribution < 1.29 is 9.63 Å². The van der Waals surface area contributed by atoms with Crippen LogP contribution in [0.2, 0.25) is 0 Å². The van der Waals surface area contributed by atoms with Crippen LogP contribution in [-0.2, 0) is 11.4 Å². The van der Waals surface area contributed by atoms with E-state index in [2.05, 4.69) is 5.48 Å². The van der Waals surface area contributed by atoms with Crippen molar-refractivity contribution in [2.24, 2.45) is 0 Å². The number of anilines is 1. The van der Waals surface area contributed by atoms with Crippen LogP contribution in [0, 0.1) is 0 Å². The Bertz CT molecular complexity index is 526. The molecule has 0 fully saturated rings. The van der Waals surface area contributed by atoms with Crippen LogP contribution in [0.3, 0.4) is 0 Å². The third-order valence-electron chi connectivity index (χ3n) is 2.45. The molecule has 0 radical (unpaired) electrons. The number of amides is 1. The first kappa shape index (κ1) is 12.1. The van der Waals surface area contributed by atoms with E-state index >= 15 is 0 Å². The van der Waals surface area contributed by atoms with E-state index in [0.29, 0.717) is 17.9 Å². The van der Waals surface area contributed by atoms with Crippen molar-refractivity contribution in [3.8, 4) is 0 Å². The largest absolute Gasteiger partial charge is 0.398 e. The number of nitrogens with two attached hydrogens (primary N) is 1. The zero-order valence-corrected chi connectivity index (χ0v) is 9.80. The molecule has 0 aliphatic carbocycles. The Morgan fingerprint density at radius 1 is 1.06 bits per heavy atom. The smallest absolute Gasteiger partial charge is 0.276 e. The molecular formula is C14H14N2O2. The molecule has 3 N–H and O–H groups in total. The van der Waals surface area contributed by atoms with Crippen LogP contribution >= 0.6 is 0 Å². The zero-order valence-electron chi connectivity index (χ0n) is 9.80. The number of benzene rings is 2. The highest BCUT2D eigenvalue weighted by Crippen LogP contribution is 2.10. The molecule has 0 heterocycles. The maximum Gasteiger partial charge on any atom is 0.276 e. The van der Waals surface area contributed by atoms with Gasteiger partial charge in [0.15, 0.2) is 0 Å². The molecule has 0 atom stereocenters. The lowest BCUT2D eigenvalue weighted by Gasteiger charge is -2.07. The van der Waals surface area contributed by atoms with E-state index in [-0.39, 0.29) is 5.91 Å². The molecule has 18 heavy (non-hydrogen) atoms. The van der Waals surface area contributed by atoms with E-state index in [0.717, 1.165) is 5.56 Å². The van der Waals surface area contributed by atoms with Crippen molar-refractivity contribution in [1.29, 1.82) is 0 Å². The van der Waals surface area contributed by atoms with Gasteiger partial charge in [-0.25, -0.2) is 5.48 Å². The summed E-state index contributed by atoms with van der Waals surface area (Å²) < 4.78 is 0. The van der Waals surface area contributed by atoms with Crippen LogP contribution in [0.5, 0.6) is 0 Å². The van der Waals surface area contributed by atoms with Gasteiger partial charge in [0, 0.05) is 5.69 Å². The molecular weight excluding hydrogens is 228 g/mol. The number of hydroxylamine groups is 1. The lowest BCUT2D eigenvalue weighted by Crippen LogP contribution is -2.24. The minimum absolute atomic E-state index is 0.319. The van der Waals surface area contributed by atoms with Gasteiger partial charge in [-0.2, -0.15) is 0 Å². The Balaban J connectivity index is 1.88. The van der Waals surface area contributed by atoms with Crippen LogP contribution in [0.4, 0.5) is 5.69 Å². The highest BCUT2D eigenvalue weighted by molar-refractivity contribution is 5.98. The van der Waals surface area contributed by atoms with E-state index in [4.69, 9.17) is 10.6 Å². The summed E-state index contributed by atoms with van der Waals surface area (Å²) in [5.41, 5.74) is 9.88. The van der Waals surface area contributed by atoms with E-state index in [1.807, 2.05) is 30.3 Å². The second kappa shape index (κ2) is 5.84. The normalized spacial score (nSPS) is 10.0. The van der Waals surface area contributed by atoms with E-state index in [1.54, 1.807) is 24.3 Å². The van der Waals surface area contributed by atoms with E-state index < -0.39 is 0 Å². The number of nitrogens with one attached hydrogen (secondary N) is 1. The molecule has 0 saturated carbocycles. The maximum atomic E-state index is 11.7. The topological polar surface area (TPSA) is 64.4 Å². The van der Waals surface area contributed by atoms with Crippen molar-refractivity contribution in [1.82, 2.24) is 5.48 Å². The van der Waals surface area contributed by atoms with Gasteiger partial charge < -0.3 is 5.73 Å². The Morgan fingerprint density at radius 2 is 1.72 bits per heavy atom. The van der Waals surface area contributed by atoms with Gasteiger partial charge in [-0.05, 0) is 17.7 Å². The molecule has 92 valence electrons. The number of carbonyl (C=O) groups is 1. The highest BCUT2D eigenvalue weighted by atomic mass is 16.6. The number of hydrogen-bond acceptors (Lipinski definition) is 3. The molecule has 0 bridgehead atoms. The van der Waals surface area contributed by atoms with Crippen LogP contribution in [0.25, 0.3) is 0 Å². The van der Waals surface area contributed by atoms with Gasteiger partial charge in [-0.15, -0.1) is 0 Å². The monoisotopic (exact) mass is 242 g/mol. The summed E-state index contributed by atoms with van der Waals surface area (Å²) >= 11 is 0. The first-order chi connectivity index (χ1) is 8.77. The summed E-state index contributed by atoms with van der Waals surface area (Å²) in [5.74, 6) is -0.343. The van der Waals surface area contributed by atoms with Crippen LogP contribution in [-0.4, -0.2) is 5.91 Å². The molecule has 0 saturated heterocycles. The zero-order chi connectivity index (χ0) is 12.8. The Morgan fingerprint density at radius 3 is 2.44 bits per heavy atom. The second-order valence-electron chi connectivity index (χ2n) is 3.79. The summed E-state index contributed by atoms with van der Waals surface area (Å²) in [4.78, 5) is 16.9. The van der Waals surface area contributed by atoms with Gasteiger partial charge in [-0.1, -0.05) is 42.5 Å². The van der Waals surface area contributed by atoms with E-state index in [9.17, 15) is 4.79 Å². The van der Waals surface area contributed by atoms with Crippen LogP contribution < -0.4 is 11.2 Å². The van der Waals surface area contributed by atoms with Crippen LogP contribution in [0.1, 0.15) is 15.9 Å². The number of nitrogen functional groups attached to an aromatic ring is 1. The van der Waals surface area contributed by atoms with Gasteiger partial charge in [0.25, 0.3) is 5.91 Å². The molecule has 2 rings (SSSR count). The molecule has 0 aromatic heterocycles. The highest BCUT2D eigenvalue weighted by Gasteiger charge is 2.08. The fourth-order valence-electron chi connectivity index (χ4n) is 1.52. The van der Waals surface area contributed by atoms with Crippen molar-refractivity contribution in [3.05, 3.63) is 65.7 Å². The molecule has 0 aliphatic heterocycles. The first-order valence-corrected chi connectivity index (χ1v) is 5.58. The summed E-state index contributed by atoms with van der Waals surface area (Å²) in [5, 5.41) is 0. The Kier molecular flexibility index (Phi) is 3.94. The van der Waals surface area contributed by atoms with Crippen molar-refractivity contribution in [3.63, 3.8) is 0 Å². The first-order valence-electron chi connectivity index (χ1n) is 5.58. The molecule has 0 aliphatic rings. The third-order valence-corrected chi connectivity index (χ3v) is 2.45. The lowest BCUT2D eigenvalue weighted by molar-refractivity contribution is 0.0234. The predicted octanol–water partition coefficient (Wildman–Crippen LogP) is 2.13. The lowest BCUT2D eigenvalue weighted by atomic mass is 10.2. The number of hydrogen-bond donors (Lipinski definition) is 2. The van der Waals surface area contributed by atoms with Gasteiger partial charge in [0.2, 0.25) is 0 Å². The van der Waals surface area contributed by atoms with Crippen molar-refractivity contribution in [2.45, 2.75) is 6.61 Å². The summed E-state index contributed by atoms with van der Waals surface area (Å²) in [7, 11) is 0. The van der Waals surface area contributed by atoms with Gasteiger partial charge in [-0.3, -0.25) is 9.63 Å². The molecule has 2 aromatic rings. The number of rotatable bonds is 4. The quantitative estimate of drug-likeness (QED) is 0.637. The molecule has 4 heteroatoms. The minimum Gasteiger partial charge on any atom is -0.398 e. The van der Waals surface area contributed by atoms with Crippen LogP contribution in [0.15, 0.2) is 54.6 Å². The van der Waals surface area contributed by atoms with Gasteiger partial charge in [0.1, 0.15) is 0 Å². The predicted molar refractivity (Wildman–Crippen MR) is 69.6 cm³/mol. The van der Waals surface area contributed by atoms with Gasteiger partial charge in [0.05, 0.1) is 12.2 Å². The standard InChI is InChI=1S/C14H14N2O2/c15-13-9-5-4-8-12(13)14(17)16-18-10-11-6-2-1-3-7-11/h1-9H,10,15H2,(H,16,17). The number of para-hydroxylation sites is 1. The van der Waals surface area contributed by atoms with Crippen molar-refractivity contribution in [2.75, 3.05) is 5.73 Å². The molecule has 0 unspecified atom stereocenters. The number of carbonyl (C=O) groups excluding carboxylic acids is 1.